The predicted octanol–water partition coefficient (Wildman–Crippen LogP) is 3.82. The summed E-state index contributed by atoms with van der Waals surface area (Å²) in [6, 6.07) is 8.00. The number of halogens is 1. The first-order valence-electron chi connectivity index (χ1n) is 5.97. The second kappa shape index (κ2) is 5.48. The van der Waals surface area contributed by atoms with Gasteiger partial charge < -0.3 is 5.32 Å². The van der Waals surface area contributed by atoms with Crippen LogP contribution < -0.4 is 5.32 Å². The summed E-state index contributed by atoms with van der Waals surface area (Å²) in [4.78, 5) is 9.20. The quantitative estimate of drug-likeness (QED) is 0.937. The van der Waals surface area contributed by atoms with Gasteiger partial charge in [0, 0.05) is 28.3 Å². The highest BCUT2D eigenvalue weighted by atomic mass is 79.9. The van der Waals surface area contributed by atoms with Crippen LogP contribution in [0.4, 0.5) is 5.82 Å². The minimum atomic E-state index is 0.751. The molecule has 1 N–H and O–H groups in total. The Balaban J connectivity index is 2.60. The summed E-state index contributed by atoms with van der Waals surface area (Å²) in [6.45, 7) is 4.15. The monoisotopic (exact) mass is 305 g/mol. The largest absolute Gasteiger partial charge is 0.373 e. The van der Waals surface area contributed by atoms with Crippen LogP contribution in [0.15, 0.2) is 28.7 Å². The maximum Gasteiger partial charge on any atom is 0.162 e. The van der Waals surface area contributed by atoms with E-state index < -0.39 is 0 Å². The molecule has 2 aromatic rings. The van der Waals surface area contributed by atoms with Crippen molar-refractivity contribution in [3.8, 4) is 11.4 Å². The maximum atomic E-state index is 4.60. The lowest BCUT2D eigenvalue weighted by atomic mass is 10.1. The van der Waals surface area contributed by atoms with Gasteiger partial charge in [0.25, 0.3) is 0 Å². The fourth-order valence-corrected chi connectivity index (χ4v) is 2.45. The van der Waals surface area contributed by atoms with E-state index in [2.05, 4.69) is 38.1 Å². The van der Waals surface area contributed by atoms with Gasteiger partial charge in [-0.1, -0.05) is 41.1 Å². The Morgan fingerprint density at radius 2 is 1.94 bits per heavy atom. The topological polar surface area (TPSA) is 37.8 Å². The van der Waals surface area contributed by atoms with Crippen LogP contribution >= 0.6 is 15.9 Å². The van der Waals surface area contributed by atoms with Gasteiger partial charge in [-0.25, -0.2) is 9.97 Å². The van der Waals surface area contributed by atoms with Crippen LogP contribution in [0.2, 0.25) is 0 Å². The van der Waals surface area contributed by atoms with Crippen LogP contribution in [0.5, 0.6) is 0 Å². The van der Waals surface area contributed by atoms with Gasteiger partial charge in [-0.2, -0.15) is 0 Å². The molecule has 2 rings (SSSR count). The molecule has 0 amide bonds. The summed E-state index contributed by atoms with van der Waals surface area (Å²) < 4.78 is 1.01. The molecule has 94 valence electrons. The van der Waals surface area contributed by atoms with E-state index in [0.29, 0.717) is 0 Å². The maximum absolute atomic E-state index is 4.60. The molecule has 0 unspecified atom stereocenters. The van der Waals surface area contributed by atoms with Crippen molar-refractivity contribution in [2.75, 3.05) is 12.4 Å². The molecule has 1 aromatic carbocycles. The standard InChI is InChI=1S/C14H16BrN3/c1-4-10-9(2)17-14(18-13(10)16-3)11-7-5-6-8-12(11)15/h5-8H,4H2,1-3H3,(H,16,17,18). The number of hydrogen-bond donors (Lipinski definition) is 1. The summed E-state index contributed by atoms with van der Waals surface area (Å²) in [5, 5.41) is 3.15. The molecule has 4 heteroatoms. The van der Waals surface area contributed by atoms with Gasteiger partial charge in [0.2, 0.25) is 0 Å². The third-order valence-corrected chi connectivity index (χ3v) is 3.61. The molecule has 1 heterocycles. The zero-order valence-electron chi connectivity index (χ0n) is 10.8. The number of aryl methyl sites for hydroxylation is 1. The highest BCUT2D eigenvalue weighted by Crippen LogP contribution is 2.28. The van der Waals surface area contributed by atoms with Gasteiger partial charge in [0.15, 0.2) is 5.82 Å². The second-order valence-corrected chi connectivity index (χ2v) is 4.90. The Hall–Kier alpha value is -1.42. The molecule has 0 aliphatic heterocycles. The van der Waals surface area contributed by atoms with Gasteiger partial charge in [-0.05, 0) is 19.4 Å². The average Bonchev–Trinajstić information content (AvgIpc) is 2.38. The number of nitrogens with one attached hydrogen (secondary N) is 1. The first-order valence-corrected chi connectivity index (χ1v) is 6.76. The van der Waals surface area contributed by atoms with E-state index in [1.54, 1.807) is 0 Å². The third kappa shape index (κ3) is 2.38. The molecule has 0 radical (unpaired) electrons. The van der Waals surface area contributed by atoms with Crippen molar-refractivity contribution in [2.45, 2.75) is 20.3 Å². The zero-order chi connectivity index (χ0) is 13.1. The minimum Gasteiger partial charge on any atom is -0.373 e. The van der Waals surface area contributed by atoms with Gasteiger partial charge in [0.1, 0.15) is 5.82 Å². The van der Waals surface area contributed by atoms with Crippen molar-refractivity contribution in [2.24, 2.45) is 0 Å². The Bertz CT molecular complexity index is 567. The van der Waals surface area contributed by atoms with Gasteiger partial charge in [-0.3, -0.25) is 0 Å². The molecular formula is C14H16BrN3. The number of nitrogens with zero attached hydrogens (tertiary/aromatic N) is 2. The Labute approximate surface area is 116 Å². The van der Waals surface area contributed by atoms with E-state index in [0.717, 1.165) is 33.8 Å². The first kappa shape index (κ1) is 13.0. The molecule has 0 fully saturated rings. The van der Waals surface area contributed by atoms with E-state index in [9.17, 15) is 0 Å². The van der Waals surface area contributed by atoms with Crippen molar-refractivity contribution in [1.29, 1.82) is 0 Å². The average molecular weight is 306 g/mol. The normalized spacial score (nSPS) is 10.4. The van der Waals surface area contributed by atoms with Gasteiger partial charge >= 0.3 is 0 Å². The van der Waals surface area contributed by atoms with Crippen molar-refractivity contribution in [3.05, 3.63) is 40.0 Å². The molecule has 0 atom stereocenters. The van der Waals surface area contributed by atoms with Crippen molar-refractivity contribution in [3.63, 3.8) is 0 Å². The van der Waals surface area contributed by atoms with E-state index in [-0.39, 0.29) is 0 Å². The summed E-state index contributed by atoms with van der Waals surface area (Å²) in [6.07, 6.45) is 0.929. The molecule has 0 aliphatic carbocycles. The van der Waals surface area contributed by atoms with E-state index in [1.165, 1.54) is 5.56 Å². The van der Waals surface area contributed by atoms with Gasteiger partial charge in [-0.15, -0.1) is 0 Å². The summed E-state index contributed by atoms with van der Waals surface area (Å²) in [5.41, 5.74) is 3.22. The number of hydrogen-bond acceptors (Lipinski definition) is 3. The lowest BCUT2D eigenvalue weighted by Crippen LogP contribution is -2.05. The summed E-state index contributed by atoms with van der Waals surface area (Å²) >= 11 is 3.54. The first-order chi connectivity index (χ1) is 8.67. The second-order valence-electron chi connectivity index (χ2n) is 4.04. The number of anilines is 1. The highest BCUT2D eigenvalue weighted by molar-refractivity contribution is 9.10. The van der Waals surface area contributed by atoms with Crippen molar-refractivity contribution < 1.29 is 0 Å². The Morgan fingerprint density at radius 1 is 1.22 bits per heavy atom. The molecule has 0 saturated heterocycles. The number of benzene rings is 1. The molecule has 3 nitrogen and oxygen atoms in total. The van der Waals surface area contributed by atoms with Crippen molar-refractivity contribution >= 4 is 21.7 Å². The van der Waals surface area contributed by atoms with Crippen LogP contribution in [0.3, 0.4) is 0 Å². The van der Waals surface area contributed by atoms with Gasteiger partial charge in [0.05, 0.1) is 0 Å². The number of aromatic nitrogens is 2. The van der Waals surface area contributed by atoms with E-state index >= 15 is 0 Å². The fourth-order valence-electron chi connectivity index (χ4n) is 1.99. The van der Waals surface area contributed by atoms with Crippen LogP contribution in [0.25, 0.3) is 11.4 Å². The molecule has 0 aliphatic rings. The molecule has 0 saturated carbocycles. The Kier molecular flexibility index (Phi) is 3.97. The lowest BCUT2D eigenvalue weighted by molar-refractivity contribution is 1.00. The molecular weight excluding hydrogens is 290 g/mol. The van der Waals surface area contributed by atoms with Crippen molar-refractivity contribution in [1.82, 2.24) is 9.97 Å². The lowest BCUT2D eigenvalue weighted by Gasteiger charge is -2.12. The van der Waals surface area contributed by atoms with Crippen LogP contribution in [0.1, 0.15) is 18.2 Å². The van der Waals surface area contributed by atoms with Crippen LogP contribution in [0, 0.1) is 6.92 Å². The molecule has 0 bridgehead atoms. The van der Waals surface area contributed by atoms with Crippen LogP contribution in [-0.2, 0) is 6.42 Å². The van der Waals surface area contributed by atoms with E-state index in [1.807, 2.05) is 38.2 Å². The summed E-state index contributed by atoms with van der Waals surface area (Å²) in [7, 11) is 1.89. The fraction of sp³-hybridized carbons (Fsp3) is 0.286. The molecule has 18 heavy (non-hydrogen) atoms. The summed E-state index contributed by atoms with van der Waals surface area (Å²) in [5.74, 6) is 1.66. The third-order valence-electron chi connectivity index (χ3n) is 2.92. The molecule has 0 spiro atoms. The molecule has 1 aromatic heterocycles. The minimum absolute atomic E-state index is 0.751. The number of rotatable bonds is 3. The smallest absolute Gasteiger partial charge is 0.162 e. The predicted molar refractivity (Wildman–Crippen MR) is 78.8 cm³/mol. The Morgan fingerprint density at radius 3 is 2.56 bits per heavy atom. The zero-order valence-corrected chi connectivity index (χ0v) is 12.4. The SMILES string of the molecule is CCc1c(C)nc(-c2ccccc2Br)nc1NC. The highest BCUT2D eigenvalue weighted by Gasteiger charge is 2.12. The van der Waals surface area contributed by atoms with Crippen LogP contribution in [-0.4, -0.2) is 17.0 Å². The van der Waals surface area contributed by atoms with E-state index in [4.69, 9.17) is 0 Å².